The zero-order chi connectivity index (χ0) is 19.7. The number of nitrogens with one attached hydrogen (secondary N) is 1. The molecule has 7 nitrogen and oxygen atoms in total. The van der Waals surface area contributed by atoms with Crippen molar-refractivity contribution in [1.29, 1.82) is 0 Å². The molecule has 0 aromatic carbocycles. The zero-order valence-corrected chi connectivity index (χ0v) is 14.3. The molecule has 26 heavy (non-hydrogen) atoms. The molecule has 0 bridgehead atoms. The van der Waals surface area contributed by atoms with E-state index in [1.807, 2.05) is 5.32 Å². The molecule has 0 radical (unpaired) electrons. The minimum Gasteiger partial charge on any atom is -0.481 e. The smallest absolute Gasteiger partial charge is 0.435 e. The van der Waals surface area contributed by atoms with Crippen LogP contribution in [0.4, 0.5) is 28.0 Å². The van der Waals surface area contributed by atoms with Crippen molar-refractivity contribution in [2.24, 2.45) is 0 Å². The van der Waals surface area contributed by atoms with E-state index in [4.69, 9.17) is 9.47 Å². The number of rotatable bonds is 3. The highest BCUT2D eigenvalue weighted by atomic mass is 19.4. The summed E-state index contributed by atoms with van der Waals surface area (Å²) in [5.41, 5.74) is -3.03. The molecule has 0 saturated heterocycles. The lowest BCUT2D eigenvalue weighted by atomic mass is 10.2. The Balaban J connectivity index is 2.50. The van der Waals surface area contributed by atoms with Crippen LogP contribution >= 0.6 is 0 Å². The van der Waals surface area contributed by atoms with Gasteiger partial charge in [0.1, 0.15) is 5.60 Å². The minimum atomic E-state index is -4.96. The Labute approximate surface area is 145 Å². The van der Waals surface area contributed by atoms with Crippen molar-refractivity contribution in [2.75, 3.05) is 12.4 Å². The predicted octanol–water partition coefficient (Wildman–Crippen LogP) is 3.78. The topological polar surface area (TPSA) is 78.3 Å². The van der Waals surface area contributed by atoms with Crippen molar-refractivity contribution >= 4 is 11.8 Å². The summed E-state index contributed by atoms with van der Waals surface area (Å²) in [6.45, 7) is 4.66. The van der Waals surface area contributed by atoms with Gasteiger partial charge in [-0.05, 0) is 26.8 Å². The van der Waals surface area contributed by atoms with Crippen LogP contribution in [0.25, 0.3) is 5.82 Å². The molecule has 1 N–H and O–H groups in total. The molecule has 0 aliphatic carbocycles. The lowest BCUT2D eigenvalue weighted by Gasteiger charge is -2.20. The summed E-state index contributed by atoms with van der Waals surface area (Å²) < 4.78 is 64.4. The number of carbonyl (C=O) groups is 1. The maximum absolute atomic E-state index is 14.0. The van der Waals surface area contributed by atoms with Crippen molar-refractivity contribution < 1.29 is 31.8 Å². The lowest BCUT2D eigenvalue weighted by Crippen LogP contribution is -2.28. The van der Waals surface area contributed by atoms with Gasteiger partial charge in [-0.2, -0.15) is 23.3 Å². The highest BCUT2D eigenvalue weighted by molar-refractivity contribution is 5.85. The molecule has 0 aliphatic rings. The predicted molar refractivity (Wildman–Crippen MR) is 82.7 cm³/mol. The fraction of sp³-hybridized carbons (Fsp3) is 0.400. The highest BCUT2D eigenvalue weighted by Crippen LogP contribution is 2.36. The number of methoxy groups -OCH3 is 1. The fourth-order valence-electron chi connectivity index (χ4n) is 1.96. The second kappa shape index (κ2) is 6.81. The van der Waals surface area contributed by atoms with Gasteiger partial charge >= 0.3 is 12.3 Å². The SMILES string of the molecule is COc1ccc(F)c(-n2ncc(NC(=O)OC(C)(C)C)c2C(F)(F)F)n1. The van der Waals surface area contributed by atoms with Crippen LogP contribution in [0.3, 0.4) is 0 Å². The van der Waals surface area contributed by atoms with E-state index in [1.54, 1.807) is 20.8 Å². The summed E-state index contributed by atoms with van der Waals surface area (Å²) in [4.78, 5) is 15.4. The molecule has 2 aromatic rings. The van der Waals surface area contributed by atoms with E-state index in [1.165, 1.54) is 7.11 Å². The summed E-state index contributed by atoms with van der Waals surface area (Å²) in [6, 6.07) is 2.04. The van der Waals surface area contributed by atoms with Gasteiger partial charge in [0, 0.05) is 6.07 Å². The van der Waals surface area contributed by atoms with Gasteiger partial charge in [-0.25, -0.2) is 13.9 Å². The van der Waals surface area contributed by atoms with E-state index in [2.05, 4.69) is 10.1 Å². The molecule has 0 unspecified atom stereocenters. The lowest BCUT2D eigenvalue weighted by molar-refractivity contribution is -0.142. The average Bonchev–Trinajstić information content (AvgIpc) is 2.89. The first-order valence-electron chi connectivity index (χ1n) is 7.28. The molecular weight excluding hydrogens is 360 g/mol. The Morgan fingerprint density at radius 2 is 1.88 bits per heavy atom. The highest BCUT2D eigenvalue weighted by Gasteiger charge is 2.40. The number of aromatic nitrogens is 3. The third-order valence-electron chi connectivity index (χ3n) is 2.89. The van der Waals surface area contributed by atoms with Crippen LogP contribution in [-0.4, -0.2) is 33.6 Å². The van der Waals surface area contributed by atoms with Gasteiger partial charge in [0.15, 0.2) is 17.3 Å². The van der Waals surface area contributed by atoms with Crippen LogP contribution in [0.15, 0.2) is 18.3 Å². The van der Waals surface area contributed by atoms with Crippen LogP contribution in [0.5, 0.6) is 5.88 Å². The quantitative estimate of drug-likeness (QED) is 0.825. The molecule has 142 valence electrons. The number of nitrogens with zero attached hydrogens (tertiary/aromatic N) is 3. The van der Waals surface area contributed by atoms with Crippen molar-refractivity contribution in [1.82, 2.24) is 14.8 Å². The Hall–Kier alpha value is -2.85. The van der Waals surface area contributed by atoms with Gasteiger partial charge in [0.2, 0.25) is 5.88 Å². The van der Waals surface area contributed by atoms with Crippen molar-refractivity contribution in [3.63, 3.8) is 0 Å². The molecule has 2 aromatic heterocycles. The Morgan fingerprint density at radius 3 is 2.42 bits per heavy atom. The summed E-state index contributed by atoms with van der Waals surface area (Å²) in [5.74, 6) is -1.89. The van der Waals surface area contributed by atoms with E-state index in [0.717, 1.165) is 18.3 Å². The maximum Gasteiger partial charge on any atom is 0.435 e. The van der Waals surface area contributed by atoms with E-state index in [9.17, 15) is 22.4 Å². The first kappa shape index (κ1) is 19.5. The molecule has 0 atom stereocenters. The standard InChI is InChI=1S/C15H16F4N4O3/c1-14(2,3)26-13(24)21-9-7-20-23(11(9)15(17,18)19)12-8(16)5-6-10(22-12)25-4/h5-7H,1-4H3,(H,21,24). The number of pyridine rings is 1. The third kappa shape index (κ3) is 4.41. The molecule has 2 heterocycles. The number of hydrogen-bond acceptors (Lipinski definition) is 5. The van der Waals surface area contributed by atoms with E-state index >= 15 is 0 Å². The number of anilines is 1. The first-order chi connectivity index (χ1) is 11.9. The van der Waals surface area contributed by atoms with Gasteiger partial charge in [0.25, 0.3) is 0 Å². The molecule has 2 rings (SSSR count). The number of hydrogen-bond donors (Lipinski definition) is 1. The Kier molecular flexibility index (Phi) is 5.10. The van der Waals surface area contributed by atoms with Crippen molar-refractivity contribution in [3.05, 3.63) is 29.8 Å². The number of ether oxygens (including phenoxy) is 2. The molecule has 0 saturated carbocycles. The van der Waals surface area contributed by atoms with E-state index in [-0.39, 0.29) is 10.6 Å². The summed E-state index contributed by atoms with van der Waals surface area (Å²) in [6.07, 6.45) is -5.34. The second-order valence-electron chi connectivity index (χ2n) is 6.10. The molecular formula is C15H16F4N4O3. The molecule has 0 aliphatic heterocycles. The number of amides is 1. The van der Waals surface area contributed by atoms with Gasteiger partial charge in [-0.3, -0.25) is 5.32 Å². The van der Waals surface area contributed by atoms with Crippen LogP contribution in [0, 0.1) is 5.82 Å². The normalized spacial score (nSPS) is 12.0. The number of alkyl halides is 3. The zero-order valence-electron chi connectivity index (χ0n) is 14.3. The molecule has 11 heteroatoms. The van der Waals surface area contributed by atoms with Crippen LogP contribution in [0.2, 0.25) is 0 Å². The average molecular weight is 376 g/mol. The van der Waals surface area contributed by atoms with Crippen LogP contribution < -0.4 is 10.1 Å². The monoisotopic (exact) mass is 376 g/mol. The maximum atomic E-state index is 14.0. The summed E-state index contributed by atoms with van der Waals surface area (Å²) >= 11 is 0. The fourth-order valence-corrected chi connectivity index (χ4v) is 1.96. The Bertz CT molecular complexity index is 812. The summed E-state index contributed by atoms with van der Waals surface area (Å²) in [7, 11) is 1.23. The van der Waals surface area contributed by atoms with E-state index in [0.29, 0.717) is 0 Å². The van der Waals surface area contributed by atoms with E-state index < -0.39 is 40.9 Å². The van der Waals surface area contributed by atoms with Crippen molar-refractivity contribution in [2.45, 2.75) is 32.5 Å². The largest absolute Gasteiger partial charge is 0.481 e. The van der Waals surface area contributed by atoms with Crippen molar-refractivity contribution in [3.8, 4) is 11.7 Å². The molecule has 0 spiro atoms. The molecule has 0 fully saturated rings. The minimum absolute atomic E-state index is 0.105. The second-order valence-corrected chi connectivity index (χ2v) is 6.10. The first-order valence-corrected chi connectivity index (χ1v) is 7.28. The van der Waals surface area contributed by atoms with Gasteiger partial charge in [-0.1, -0.05) is 0 Å². The Morgan fingerprint density at radius 1 is 1.23 bits per heavy atom. The van der Waals surface area contributed by atoms with Gasteiger partial charge in [-0.15, -0.1) is 0 Å². The van der Waals surface area contributed by atoms with Crippen LogP contribution in [-0.2, 0) is 10.9 Å². The molecule has 1 amide bonds. The van der Waals surface area contributed by atoms with Gasteiger partial charge < -0.3 is 9.47 Å². The number of halogens is 4. The summed E-state index contributed by atoms with van der Waals surface area (Å²) in [5, 5.41) is 5.47. The van der Waals surface area contributed by atoms with Gasteiger partial charge in [0.05, 0.1) is 19.0 Å². The third-order valence-corrected chi connectivity index (χ3v) is 2.89. The van der Waals surface area contributed by atoms with Crippen LogP contribution in [0.1, 0.15) is 26.5 Å². The number of carbonyl (C=O) groups excluding carboxylic acids is 1.